The molecule has 0 aliphatic rings. The smallest absolute Gasteiger partial charge is 0.136 e. The van der Waals surface area contributed by atoms with Gasteiger partial charge in [-0.1, -0.05) is 12.2 Å². The molecule has 0 aromatic carbocycles. The molecule has 2 rings (SSSR count). The first-order valence-corrected chi connectivity index (χ1v) is 5.91. The van der Waals surface area contributed by atoms with E-state index in [2.05, 4.69) is 20.5 Å². The molecule has 0 radical (unpaired) electrons. The van der Waals surface area contributed by atoms with Crippen molar-refractivity contribution in [3.63, 3.8) is 0 Å². The topological polar surface area (TPSA) is 81.7 Å². The number of hydrogen-bond acceptors (Lipinski definition) is 5. The zero-order valence-corrected chi connectivity index (χ0v) is 10.8. The number of rotatable bonds is 5. The second-order valence-corrected chi connectivity index (χ2v) is 4.24. The van der Waals surface area contributed by atoms with Gasteiger partial charge in [0.2, 0.25) is 0 Å². The summed E-state index contributed by atoms with van der Waals surface area (Å²) in [6.45, 7) is 0.694. The highest BCUT2D eigenvalue weighted by Gasteiger charge is 2.06. The summed E-state index contributed by atoms with van der Waals surface area (Å²) in [5, 5.41) is 11.0. The average Bonchev–Trinajstić information content (AvgIpc) is 2.76. The van der Waals surface area contributed by atoms with Gasteiger partial charge in [0.1, 0.15) is 23.0 Å². The van der Waals surface area contributed by atoms with Crippen LogP contribution in [0.5, 0.6) is 0 Å². The Morgan fingerprint density at radius 3 is 3.06 bits per heavy atom. The maximum atomic E-state index is 5.63. The minimum absolute atomic E-state index is 0.337. The number of pyridine rings is 1. The first-order chi connectivity index (χ1) is 8.68. The van der Waals surface area contributed by atoms with Crippen molar-refractivity contribution in [1.29, 1.82) is 0 Å². The lowest BCUT2D eigenvalue weighted by atomic mass is 10.2. The highest BCUT2D eigenvalue weighted by atomic mass is 32.1. The van der Waals surface area contributed by atoms with Crippen LogP contribution in [0.1, 0.15) is 11.4 Å². The molecule has 0 amide bonds. The van der Waals surface area contributed by atoms with E-state index >= 15 is 0 Å². The van der Waals surface area contributed by atoms with Gasteiger partial charge < -0.3 is 15.6 Å². The Labute approximate surface area is 110 Å². The molecule has 2 aromatic heterocycles. The van der Waals surface area contributed by atoms with Crippen molar-refractivity contribution in [1.82, 2.24) is 19.7 Å². The van der Waals surface area contributed by atoms with Gasteiger partial charge in [-0.2, -0.15) is 0 Å². The number of anilines is 1. The highest BCUT2D eigenvalue weighted by Crippen LogP contribution is 2.10. The van der Waals surface area contributed by atoms with E-state index in [1.165, 1.54) is 0 Å². The molecular formula is C11H14N6S. The van der Waals surface area contributed by atoms with Gasteiger partial charge >= 0.3 is 0 Å². The Balaban J connectivity index is 1.99. The van der Waals surface area contributed by atoms with Crippen molar-refractivity contribution in [3.8, 4) is 0 Å². The van der Waals surface area contributed by atoms with Crippen molar-refractivity contribution >= 4 is 23.0 Å². The van der Waals surface area contributed by atoms with E-state index in [0.29, 0.717) is 17.4 Å². The zero-order chi connectivity index (χ0) is 13.0. The van der Waals surface area contributed by atoms with Gasteiger partial charge in [-0.05, 0) is 12.1 Å². The molecular weight excluding hydrogens is 248 g/mol. The molecule has 0 saturated heterocycles. The SMILES string of the molecule is Cn1cnnc1CCNc1ncccc1C(N)=S. The van der Waals surface area contributed by atoms with Gasteiger partial charge in [-0.15, -0.1) is 10.2 Å². The van der Waals surface area contributed by atoms with E-state index < -0.39 is 0 Å². The summed E-state index contributed by atoms with van der Waals surface area (Å²) in [6.07, 6.45) is 4.13. The van der Waals surface area contributed by atoms with Gasteiger partial charge in [0.25, 0.3) is 0 Å². The Bertz CT molecular complexity index is 550. The summed E-state index contributed by atoms with van der Waals surface area (Å²) in [7, 11) is 1.91. The summed E-state index contributed by atoms with van der Waals surface area (Å²) in [5.74, 6) is 1.61. The van der Waals surface area contributed by atoms with Crippen LogP contribution in [-0.4, -0.2) is 31.3 Å². The van der Waals surface area contributed by atoms with Crippen molar-refractivity contribution in [2.45, 2.75) is 6.42 Å². The molecule has 2 aromatic rings. The molecule has 0 unspecified atom stereocenters. The summed E-state index contributed by atoms with van der Waals surface area (Å²) >= 11 is 4.97. The largest absolute Gasteiger partial charge is 0.389 e. The van der Waals surface area contributed by atoms with Gasteiger partial charge in [0, 0.05) is 26.2 Å². The van der Waals surface area contributed by atoms with Crippen LogP contribution in [0.25, 0.3) is 0 Å². The number of aromatic nitrogens is 4. The van der Waals surface area contributed by atoms with Crippen LogP contribution in [0.3, 0.4) is 0 Å². The number of nitrogens with two attached hydrogens (primary N) is 1. The number of thiocarbonyl (C=S) groups is 1. The van der Waals surface area contributed by atoms with Crippen LogP contribution in [0.4, 0.5) is 5.82 Å². The van der Waals surface area contributed by atoms with Crippen molar-refractivity contribution < 1.29 is 0 Å². The van der Waals surface area contributed by atoms with Crippen molar-refractivity contribution in [2.24, 2.45) is 12.8 Å². The molecule has 0 spiro atoms. The van der Waals surface area contributed by atoms with E-state index in [0.717, 1.165) is 17.8 Å². The molecule has 0 aliphatic heterocycles. The Morgan fingerprint density at radius 2 is 2.39 bits per heavy atom. The third-order valence-corrected chi connectivity index (χ3v) is 2.74. The maximum absolute atomic E-state index is 5.63. The summed E-state index contributed by atoms with van der Waals surface area (Å²) in [6, 6.07) is 3.66. The zero-order valence-electron chi connectivity index (χ0n) is 10.00. The molecule has 0 fully saturated rings. The van der Waals surface area contributed by atoms with Crippen LogP contribution < -0.4 is 11.1 Å². The molecule has 18 heavy (non-hydrogen) atoms. The van der Waals surface area contributed by atoms with Gasteiger partial charge in [0.15, 0.2) is 0 Å². The van der Waals surface area contributed by atoms with Crippen LogP contribution in [0.15, 0.2) is 24.7 Å². The van der Waals surface area contributed by atoms with E-state index in [1.54, 1.807) is 12.5 Å². The molecule has 6 nitrogen and oxygen atoms in total. The van der Waals surface area contributed by atoms with E-state index in [9.17, 15) is 0 Å². The Morgan fingerprint density at radius 1 is 1.56 bits per heavy atom. The lowest BCUT2D eigenvalue weighted by Crippen LogP contribution is -2.16. The van der Waals surface area contributed by atoms with Crippen LogP contribution >= 0.6 is 12.2 Å². The standard InChI is InChI=1S/C11H14N6S/c1-17-7-15-16-9(17)4-6-14-11-8(10(12)18)3-2-5-13-11/h2-3,5,7H,4,6H2,1H3,(H2,12,18)(H,13,14). The molecule has 2 heterocycles. The highest BCUT2D eigenvalue weighted by molar-refractivity contribution is 7.80. The second kappa shape index (κ2) is 5.54. The molecule has 94 valence electrons. The third-order valence-electron chi connectivity index (χ3n) is 2.52. The molecule has 0 bridgehead atoms. The van der Waals surface area contributed by atoms with Crippen molar-refractivity contribution in [3.05, 3.63) is 36.0 Å². The minimum Gasteiger partial charge on any atom is -0.389 e. The van der Waals surface area contributed by atoms with Gasteiger partial charge in [-0.25, -0.2) is 4.98 Å². The molecule has 3 N–H and O–H groups in total. The normalized spacial score (nSPS) is 10.3. The molecule has 7 heteroatoms. The minimum atomic E-state index is 0.337. The van der Waals surface area contributed by atoms with E-state index in [1.807, 2.05) is 23.7 Å². The number of hydrogen-bond donors (Lipinski definition) is 2. The predicted octanol–water partition coefficient (Wildman–Crippen LogP) is 0.499. The maximum Gasteiger partial charge on any atom is 0.136 e. The molecule has 0 saturated carbocycles. The van der Waals surface area contributed by atoms with Gasteiger partial charge in [-0.3, -0.25) is 0 Å². The molecule has 0 atom stereocenters. The second-order valence-electron chi connectivity index (χ2n) is 3.80. The van der Waals surface area contributed by atoms with Gasteiger partial charge in [0.05, 0.1) is 5.56 Å². The molecule has 0 aliphatic carbocycles. The lowest BCUT2D eigenvalue weighted by molar-refractivity contribution is 0.787. The Hall–Kier alpha value is -2.02. The fraction of sp³-hybridized carbons (Fsp3) is 0.273. The first kappa shape index (κ1) is 12.4. The van der Waals surface area contributed by atoms with Crippen LogP contribution in [0.2, 0.25) is 0 Å². The monoisotopic (exact) mass is 262 g/mol. The summed E-state index contributed by atoms with van der Waals surface area (Å²) in [5.41, 5.74) is 6.39. The average molecular weight is 262 g/mol. The Kier molecular flexibility index (Phi) is 3.83. The third kappa shape index (κ3) is 2.80. The first-order valence-electron chi connectivity index (χ1n) is 5.50. The fourth-order valence-corrected chi connectivity index (χ4v) is 1.74. The summed E-state index contributed by atoms with van der Waals surface area (Å²) < 4.78 is 1.88. The van der Waals surface area contributed by atoms with E-state index in [-0.39, 0.29) is 0 Å². The quantitative estimate of drug-likeness (QED) is 0.764. The van der Waals surface area contributed by atoms with Crippen molar-refractivity contribution in [2.75, 3.05) is 11.9 Å². The van der Waals surface area contributed by atoms with Crippen LogP contribution in [0, 0.1) is 0 Å². The van der Waals surface area contributed by atoms with Crippen LogP contribution in [-0.2, 0) is 13.5 Å². The van der Waals surface area contributed by atoms with E-state index in [4.69, 9.17) is 18.0 Å². The number of nitrogens with zero attached hydrogens (tertiary/aromatic N) is 4. The lowest BCUT2D eigenvalue weighted by Gasteiger charge is -2.09. The predicted molar refractivity (Wildman–Crippen MR) is 73.3 cm³/mol. The number of aryl methyl sites for hydroxylation is 1. The fourth-order valence-electron chi connectivity index (χ4n) is 1.57. The number of nitrogens with one attached hydrogen (secondary N) is 1. The summed E-state index contributed by atoms with van der Waals surface area (Å²) in [4.78, 5) is 4.56.